The summed E-state index contributed by atoms with van der Waals surface area (Å²) in [5.41, 5.74) is 0. The van der Waals surface area contributed by atoms with Gasteiger partial charge in [0, 0.05) is 12.1 Å². The minimum atomic E-state index is 0.500. The van der Waals surface area contributed by atoms with Crippen LogP contribution in [-0.4, -0.2) is 22.3 Å². The molecule has 0 spiro atoms. The summed E-state index contributed by atoms with van der Waals surface area (Å²) < 4.78 is 0. The topological polar surface area (TPSA) is 37.8 Å². The van der Waals surface area contributed by atoms with E-state index in [1.807, 2.05) is 6.26 Å². The van der Waals surface area contributed by atoms with Gasteiger partial charge in [-0.05, 0) is 18.6 Å². The van der Waals surface area contributed by atoms with E-state index in [2.05, 4.69) is 22.2 Å². The van der Waals surface area contributed by atoms with E-state index in [9.17, 15) is 0 Å². The Labute approximate surface area is 92.7 Å². The van der Waals surface area contributed by atoms with Crippen LogP contribution in [0.25, 0.3) is 0 Å². The van der Waals surface area contributed by atoms with Crippen molar-refractivity contribution in [3.63, 3.8) is 0 Å². The van der Waals surface area contributed by atoms with Crippen LogP contribution < -0.4 is 5.32 Å². The van der Waals surface area contributed by atoms with Gasteiger partial charge >= 0.3 is 0 Å². The number of rotatable bonds is 3. The molecule has 1 aromatic heterocycles. The van der Waals surface area contributed by atoms with Crippen LogP contribution in [0.4, 0.5) is 5.82 Å². The van der Waals surface area contributed by atoms with Gasteiger partial charge in [-0.3, -0.25) is 0 Å². The molecule has 0 bridgehead atoms. The van der Waals surface area contributed by atoms with Crippen LogP contribution in [0, 0.1) is 5.92 Å². The van der Waals surface area contributed by atoms with E-state index in [4.69, 9.17) is 11.6 Å². The molecule has 14 heavy (non-hydrogen) atoms. The molecule has 1 heterocycles. The Morgan fingerprint density at radius 2 is 2.29 bits per heavy atom. The average molecular weight is 230 g/mol. The number of nitrogens with zero attached hydrogens (tertiary/aromatic N) is 2. The SMILES string of the molecule is CSc1nc(Cl)cc(NC2CC2C)n1. The summed E-state index contributed by atoms with van der Waals surface area (Å²) in [6, 6.07) is 2.34. The number of nitrogens with one attached hydrogen (secondary N) is 1. The molecule has 1 N–H and O–H groups in total. The molecule has 0 saturated heterocycles. The van der Waals surface area contributed by atoms with Gasteiger partial charge in [0.05, 0.1) is 0 Å². The monoisotopic (exact) mass is 229 g/mol. The molecule has 0 radical (unpaired) electrons. The molecule has 2 unspecified atom stereocenters. The van der Waals surface area contributed by atoms with Gasteiger partial charge in [-0.2, -0.15) is 0 Å². The fourth-order valence-corrected chi connectivity index (χ4v) is 1.89. The van der Waals surface area contributed by atoms with Crippen molar-refractivity contribution in [3.05, 3.63) is 11.2 Å². The zero-order valence-electron chi connectivity index (χ0n) is 8.12. The molecular weight excluding hydrogens is 218 g/mol. The Hall–Kier alpha value is -0.480. The van der Waals surface area contributed by atoms with E-state index in [1.54, 1.807) is 6.07 Å². The van der Waals surface area contributed by atoms with E-state index < -0.39 is 0 Å². The first-order chi connectivity index (χ1) is 6.69. The highest BCUT2D eigenvalue weighted by atomic mass is 35.5. The van der Waals surface area contributed by atoms with E-state index in [0.717, 1.165) is 11.7 Å². The number of anilines is 1. The molecule has 1 aromatic rings. The number of hydrogen-bond acceptors (Lipinski definition) is 4. The summed E-state index contributed by atoms with van der Waals surface area (Å²) in [6.45, 7) is 2.22. The molecule has 2 rings (SSSR count). The first-order valence-electron chi connectivity index (χ1n) is 4.54. The Morgan fingerprint density at radius 1 is 1.57 bits per heavy atom. The van der Waals surface area contributed by atoms with Crippen LogP contribution in [0.3, 0.4) is 0 Å². The zero-order valence-corrected chi connectivity index (χ0v) is 9.69. The maximum atomic E-state index is 5.86. The van der Waals surface area contributed by atoms with E-state index in [0.29, 0.717) is 16.4 Å². The first kappa shape index (κ1) is 10.1. The standard InChI is InChI=1S/C9H12ClN3S/c1-5-3-6(5)11-8-4-7(10)12-9(13-8)14-2/h4-6H,3H2,1-2H3,(H,11,12,13). The van der Waals surface area contributed by atoms with Crippen LogP contribution in [0.2, 0.25) is 5.15 Å². The van der Waals surface area contributed by atoms with Gasteiger partial charge in [0.1, 0.15) is 11.0 Å². The minimum Gasteiger partial charge on any atom is -0.367 e. The molecule has 1 aliphatic carbocycles. The first-order valence-corrected chi connectivity index (χ1v) is 6.14. The van der Waals surface area contributed by atoms with Gasteiger partial charge in [-0.25, -0.2) is 9.97 Å². The van der Waals surface area contributed by atoms with Crippen molar-refractivity contribution >= 4 is 29.2 Å². The predicted molar refractivity (Wildman–Crippen MR) is 60.0 cm³/mol. The predicted octanol–water partition coefficient (Wildman–Crippen LogP) is 2.67. The quantitative estimate of drug-likeness (QED) is 0.491. The van der Waals surface area contributed by atoms with Crippen LogP contribution in [-0.2, 0) is 0 Å². The molecule has 1 fully saturated rings. The highest BCUT2D eigenvalue weighted by molar-refractivity contribution is 7.98. The van der Waals surface area contributed by atoms with Crippen molar-refractivity contribution in [2.45, 2.75) is 24.5 Å². The van der Waals surface area contributed by atoms with Crippen molar-refractivity contribution in [3.8, 4) is 0 Å². The third-order valence-corrected chi connectivity index (χ3v) is 3.04. The largest absolute Gasteiger partial charge is 0.367 e. The summed E-state index contributed by atoms with van der Waals surface area (Å²) in [5.74, 6) is 1.59. The third-order valence-electron chi connectivity index (χ3n) is 2.30. The van der Waals surface area contributed by atoms with Crippen LogP contribution in [0.15, 0.2) is 11.2 Å². The molecule has 76 valence electrons. The molecule has 0 aliphatic heterocycles. The molecule has 0 amide bonds. The highest BCUT2D eigenvalue weighted by Crippen LogP contribution is 2.32. The molecular formula is C9H12ClN3S. The maximum Gasteiger partial charge on any atom is 0.190 e. The van der Waals surface area contributed by atoms with Gasteiger partial charge in [-0.15, -0.1) is 0 Å². The number of aromatic nitrogens is 2. The molecule has 3 nitrogen and oxygen atoms in total. The summed E-state index contributed by atoms with van der Waals surface area (Å²) in [6.07, 6.45) is 3.16. The normalized spacial score (nSPS) is 24.8. The van der Waals surface area contributed by atoms with Crippen molar-refractivity contribution in [1.82, 2.24) is 9.97 Å². The summed E-state index contributed by atoms with van der Waals surface area (Å²) in [5, 5.41) is 4.55. The number of hydrogen-bond donors (Lipinski definition) is 1. The van der Waals surface area contributed by atoms with Crippen molar-refractivity contribution in [2.24, 2.45) is 5.92 Å². The lowest BCUT2D eigenvalue weighted by Crippen LogP contribution is -2.06. The molecule has 0 aromatic carbocycles. The van der Waals surface area contributed by atoms with Crippen molar-refractivity contribution in [2.75, 3.05) is 11.6 Å². The van der Waals surface area contributed by atoms with E-state index in [1.165, 1.54) is 18.2 Å². The van der Waals surface area contributed by atoms with Gasteiger partial charge in [0.25, 0.3) is 0 Å². The van der Waals surface area contributed by atoms with Crippen LogP contribution >= 0.6 is 23.4 Å². The van der Waals surface area contributed by atoms with Crippen molar-refractivity contribution in [1.29, 1.82) is 0 Å². The lowest BCUT2D eigenvalue weighted by molar-refractivity contribution is 0.904. The number of halogens is 1. The Balaban J connectivity index is 2.12. The zero-order chi connectivity index (χ0) is 10.1. The molecule has 1 saturated carbocycles. The summed E-state index contributed by atoms with van der Waals surface area (Å²) in [4.78, 5) is 8.40. The minimum absolute atomic E-state index is 0.500. The molecule has 2 atom stereocenters. The maximum absolute atomic E-state index is 5.86. The summed E-state index contributed by atoms with van der Waals surface area (Å²) >= 11 is 7.36. The highest BCUT2D eigenvalue weighted by Gasteiger charge is 2.32. The molecule has 1 aliphatic rings. The fourth-order valence-electron chi connectivity index (χ4n) is 1.28. The second-order valence-electron chi connectivity index (χ2n) is 3.53. The van der Waals surface area contributed by atoms with Gasteiger partial charge in [0.2, 0.25) is 0 Å². The van der Waals surface area contributed by atoms with Crippen LogP contribution in [0.1, 0.15) is 13.3 Å². The number of thioether (sulfide) groups is 1. The van der Waals surface area contributed by atoms with Gasteiger partial charge < -0.3 is 5.32 Å². The summed E-state index contributed by atoms with van der Waals surface area (Å²) in [7, 11) is 0. The smallest absolute Gasteiger partial charge is 0.190 e. The lowest BCUT2D eigenvalue weighted by Gasteiger charge is -2.05. The lowest BCUT2D eigenvalue weighted by atomic mass is 10.4. The van der Waals surface area contributed by atoms with Crippen LogP contribution in [0.5, 0.6) is 0 Å². The van der Waals surface area contributed by atoms with E-state index in [-0.39, 0.29) is 0 Å². The molecule has 5 heteroatoms. The third kappa shape index (κ3) is 2.30. The Bertz CT molecular complexity index is 345. The second kappa shape index (κ2) is 3.95. The van der Waals surface area contributed by atoms with E-state index >= 15 is 0 Å². The van der Waals surface area contributed by atoms with Gasteiger partial charge in [0.15, 0.2) is 5.16 Å². The average Bonchev–Trinajstić information content (AvgIpc) is 2.80. The van der Waals surface area contributed by atoms with Crippen molar-refractivity contribution < 1.29 is 0 Å². The Morgan fingerprint density at radius 3 is 2.86 bits per heavy atom. The fraction of sp³-hybridized carbons (Fsp3) is 0.556. The Kier molecular flexibility index (Phi) is 2.83. The second-order valence-corrected chi connectivity index (χ2v) is 4.69. The van der Waals surface area contributed by atoms with Gasteiger partial charge in [-0.1, -0.05) is 30.3 Å².